The van der Waals surface area contributed by atoms with Crippen LogP contribution in [0.4, 0.5) is 0 Å². The van der Waals surface area contributed by atoms with Crippen LogP contribution in [0.5, 0.6) is 0 Å². The molecule has 9 nitrogen and oxygen atoms in total. The predicted octanol–water partition coefficient (Wildman–Crippen LogP) is 1.18. The Morgan fingerprint density at radius 3 is 2.63 bits per heavy atom. The first-order chi connectivity index (χ1) is 14.5. The second kappa shape index (κ2) is 8.37. The van der Waals surface area contributed by atoms with Crippen molar-refractivity contribution >= 4 is 17.4 Å². The topological polar surface area (TPSA) is 112 Å². The number of carbonyl (C=O) groups excluding carboxylic acids is 2. The van der Waals surface area contributed by atoms with E-state index in [9.17, 15) is 14.7 Å². The van der Waals surface area contributed by atoms with Gasteiger partial charge in [-0.1, -0.05) is 6.07 Å². The molecule has 2 aromatic heterocycles. The molecule has 4 heterocycles. The minimum Gasteiger partial charge on any atom is -0.507 e. The third-order valence-electron chi connectivity index (χ3n) is 5.63. The van der Waals surface area contributed by atoms with Crippen LogP contribution in [-0.2, 0) is 14.3 Å². The van der Waals surface area contributed by atoms with Gasteiger partial charge < -0.3 is 14.7 Å². The number of carbonyl (C=O) groups is 2. The third kappa shape index (κ3) is 3.61. The highest BCUT2D eigenvalue weighted by Crippen LogP contribution is 2.39. The van der Waals surface area contributed by atoms with Crippen LogP contribution in [0.2, 0.25) is 0 Å². The minimum absolute atomic E-state index is 0.0493. The lowest BCUT2D eigenvalue weighted by molar-refractivity contribution is -0.140. The smallest absolute Gasteiger partial charge is 0.295 e. The summed E-state index contributed by atoms with van der Waals surface area (Å²) in [6.07, 6.45) is 1.62. The van der Waals surface area contributed by atoms with Crippen molar-refractivity contribution < 1.29 is 19.4 Å². The summed E-state index contributed by atoms with van der Waals surface area (Å²) in [5, 5.41) is 18.0. The molecule has 0 bridgehead atoms. The van der Waals surface area contributed by atoms with E-state index in [-0.39, 0.29) is 11.3 Å². The summed E-state index contributed by atoms with van der Waals surface area (Å²) >= 11 is 0. The molecule has 9 heteroatoms. The number of aromatic amines is 1. The Hall–Kier alpha value is -3.04. The zero-order chi connectivity index (χ0) is 21.3. The van der Waals surface area contributed by atoms with Crippen molar-refractivity contribution in [1.82, 2.24) is 25.0 Å². The average molecular weight is 411 g/mol. The van der Waals surface area contributed by atoms with Crippen LogP contribution in [0, 0.1) is 13.8 Å². The van der Waals surface area contributed by atoms with Crippen LogP contribution in [-0.4, -0.2) is 81.2 Å². The number of pyridine rings is 1. The number of aryl methyl sites for hydroxylation is 2. The fourth-order valence-corrected chi connectivity index (χ4v) is 4.06. The summed E-state index contributed by atoms with van der Waals surface area (Å²) in [6.45, 7) is 7.35. The Morgan fingerprint density at radius 1 is 1.23 bits per heavy atom. The fraction of sp³-hybridized carbons (Fsp3) is 0.429. The monoisotopic (exact) mass is 411 g/mol. The quantitative estimate of drug-likeness (QED) is 0.432. The van der Waals surface area contributed by atoms with Crippen LogP contribution >= 0.6 is 0 Å². The summed E-state index contributed by atoms with van der Waals surface area (Å²) in [6, 6.07) is 4.59. The Labute approximate surface area is 174 Å². The number of hydrogen-bond acceptors (Lipinski definition) is 7. The van der Waals surface area contributed by atoms with Crippen LogP contribution < -0.4 is 0 Å². The van der Waals surface area contributed by atoms with Crippen molar-refractivity contribution in [3.05, 3.63) is 52.6 Å². The number of nitrogens with one attached hydrogen (secondary N) is 1. The maximum absolute atomic E-state index is 13.0. The van der Waals surface area contributed by atoms with Crippen molar-refractivity contribution in [2.75, 3.05) is 39.4 Å². The molecule has 4 rings (SSSR count). The van der Waals surface area contributed by atoms with Gasteiger partial charge in [0, 0.05) is 38.1 Å². The second-order valence-electron chi connectivity index (χ2n) is 7.51. The van der Waals surface area contributed by atoms with Gasteiger partial charge in [-0.05, 0) is 26.0 Å². The van der Waals surface area contributed by atoms with E-state index in [1.54, 1.807) is 38.2 Å². The fourth-order valence-electron chi connectivity index (χ4n) is 4.06. The molecule has 2 aliphatic rings. The number of aromatic nitrogens is 3. The number of H-pyrrole nitrogens is 1. The number of ketones is 1. The number of likely N-dealkylation sites (tertiary alicyclic amines) is 1. The van der Waals surface area contributed by atoms with E-state index in [4.69, 9.17) is 4.74 Å². The molecule has 0 aromatic carbocycles. The first kappa shape index (κ1) is 20.2. The molecule has 30 heavy (non-hydrogen) atoms. The Morgan fingerprint density at radius 2 is 2.00 bits per heavy atom. The average Bonchev–Trinajstić information content (AvgIpc) is 3.23. The Bertz CT molecular complexity index is 959. The number of nitrogens with zero attached hydrogens (tertiary/aromatic N) is 4. The van der Waals surface area contributed by atoms with Gasteiger partial charge in [0.25, 0.3) is 11.7 Å². The minimum atomic E-state index is -0.749. The number of aliphatic hydroxyl groups is 1. The molecule has 1 amide bonds. The SMILES string of the molecule is Cc1n[nH]c(C)c1C(O)=C1C(=O)C(=O)N(CCN2CCOCC2)[C@@H]1c1ccccn1. The van der Waals surface area contributed by atoms with Crippen molar-refractivity contribution in [3.8, 4) is 0 Å². The second-order valence-corrected chi connectivity index (χ2v) is 7.51. The van der Waals surface area contributed by atoms with Crippen LogP contribution in [0.3, 0.4) is 0 Å². The zero-order valence-corrected chi connectivity index (χ0v) is 17.1. The number of aliphatic hydroxyl groups excluding tert-OH is 1. The molecule has 0 spiro atoms. The van der Waals surface area contributed by atoms with Gasteiger partial charge in [0.1, 0.15) is 11.8 Å². The summed E-state index contributed by atoms with van der Waals surface area (Å²) in [7, 11) is 0. The summed E-state index contributed by atoms with van der Waals surface area (Å²) in [5.74, 6) is -1.55. The summed E-state index contributed by atoms with van der Waals surface area (Å²) < 4.78 is 5.38. The van der Waals surface area contributed by atoms with Crippen LogP contribution in [0.25, 0.3) is 5.76 Å². The highest BCUT2D eigenvalue weighted by Gasteiger charge is 2.47. The van der Waals surface area contributed by atoms with Gasteiger partial charge in [-0.2, -0.15) is 5.10 Å². The lowest BCUT2D eigenvalue weighted by Gasteiger charge is -2.30. The number of rotatable bonds is 5. The first-order valence-electron chi connectivity index (χ1n) is 10.0. The molecular formula is C21H25N5O4. The van der Waals surface area contributed by atoms with E-state index >= 15 is 0 Å². The first-order valence-corrected chi connectivity index (χ1v) is 10.0. The van der Waals surface area contributed by atoms with Gasteiger partial charge in [0.2, 0.25) is 0 Å². The van der Waals surface area contributed by atoms with Gasteiger partial charge in [-0.3, -0.25) is 24.6 Å². The number of ether oxygens (including phenoxy) is 1. The molecule has 2 aliphatic heterocycles. The highest BCUT2D eigenvalue weighted by molar-refractivity contribution is 6.46. The molecule has 1 atom stereocenters. The standard InChI is InChI=1S/C21H25N5O4/c1-13-16(14(2)24-23-13)19(27)17-18(15-5-3-4-6-22-15)26(21(29)20(17)28)8-7-25-9-11-30-12-10-25/h3-6,18,27H,7-12H2,1-2H3,(H,23,24)/t18-/m1/s1. The van der Waals surface area contributed by atoms with Gasteiger partial charge in [0.05, 0.1) is 35.7 Å². The number of hydrogen-bond donors (Lipinski definition) is 2. The molecule has 2 N–H and O–H groups in total. The van der Waals surface area contributed by atoms with Gasteiger partial charge in [-0.25, -0.2) is 0 Å². The van der Waals surface area contributed by atoms with Crippen LogP contribution in [0.1, 0.15) is 28.7 Å². The van der Waals surface area contributed by atoms with Crippen molar-refractivity contribution in [3.63, 3.8) is 0 Å². The van der Waals surface area contributed by atoms with Crippen molar-refractivity contribution in [2.45, 2.75) is 19.9 Å². The molecule has 2 aromatic rings. The molecule has 2 saturated heterocycles. The molecular weight excluding hydrogens is 386 g/mol. The van der Waals surface area contributed by atoms with E-state index in [2.05, 4.69) is 20.1 Å². The van der Waals surface area contributed by atoms with Gasteiger partial charge in [-0.15, -0.1) is 0 Å². The van der Waals surface area contributed by atoms with Crippen molar-refractivity contribution in [1.29, 1.82) is 0 Å². The van der Waals surface area contributed by atoms with Gasteiger partial charge >= 0.3 is 0 Å². The van der Waals surface area contributed by atoms with E-state index < -0.39 is 17.7 Å². The molecule has 2 fully saturated rings. The zero-order valence-electron chi connectivity index (χ0n) is 17.1. The summed E-state index contributed by atoms with van der Waals surface area (Å²) in [4.78, 5) is 34.1. The van der Waals surface area contributed by atoms with E-state index in [0.29, 0.717) is 48.9 Å². The number of amides is 1. The molecule has 0 unspecified atom stereocenters. The van der Waals surface area contributed by atoms with E-state index in [1.807, 2.05) is 0 Å². The normalized spacial score (nSPS) is 22.1. The van der Waals surface area contributed by atoms with Crippen molar-refractivity contribution in [2.24, 2.45) is 0 Å². The molecule has 0 saturated carbocycles. The maximum Gasteiger partial charge on any atom is 0.295 e. The lowest BCUT2D eigenvalue weighted by Crippen LogP contribution is -2.42. The number of Topliss-reactive ketones (excluding diaryl/α,β-unsaturated/α-hetero) is 1. The summed E-state index contributed by atoms with van der Waals surface area (Å²) in [5.41, 5.74) is 2.22. The van der Waals surface area contributed by atoms with Crippen LogP contribution in [0.15, 0.2) is 30.0 Å². The molecule has 158 valence electrons. The Balaban J connectivity index is 1.74. The largest absolute Gasteiger partial charge is 0.507 e. The lowest BCUT2D eigenvalue weighted by atomic mass is 9.97. The third-order valence-corrected chi connectivity index (χ3v) is 5.63. The highest BCUT2D eigenvalue weighted by atomic mass is 16.5. The van der Waals surface area contributed by atoms with E-state index in [0.717, 1.165) is 13.1 Å². The number of morpholine rings is 1. The molecule has 0 radical (unpaired) electrons. The maximum atomic E-state index is 13.0. The predicted molar refractivity (Wildman–Crippen MR) is 109 cm³/mol. The Kier molecular flexibility index (Phi) is 5.65. The van der Waals surface area contributed by atoms with E-state index in [1.165, 1.54) is 4.90 Å². The molecule has 0 aliphatic carbocycles. The van der Waals surface area contributed by atoms with Gasteiger partial charge in [0.15, 0.2) is 0 Å².